The topological polar surface area (TPSA) is 58.9 Å². The van der Waals surface area contributed by atoms with Crippen LogP contribution in [0.3, 0.4) is 0 Å². The molecule has 0 amide bonds. The van der Waals surface area contributed by atoms with Crippen LogP contribution in [0.25, 0.3) is 0 Å². The van der Waals surface area contributed by atoms with Gasteiger partial charge in [0.05, 0.1) is 10.9 Å². The normalized spacial score (nSPS) is 12.4. The Morgan fingerprint density at radius 3 is 2.76 bits per heavy atom. The van der Waals surface area contributed by atoms with Gasteiger partial charge in [-0.15, -0.1) is 0 Å². The van der Waals surface area contributed by atoms with Crippen LogP contribution in [0.4, 0.5) is 0 Å². The van der Waals surface area contributed by atoms with Crippen molar-refractivity contribution in [3.8, 4) is 5.88 Å². The number of aromatic nitrogens is 3. The molecule has 0 aliphatic heterocycles. The molecule has 1 N–H and O–H groups in total. The third kappa shape index (κ3) is 3.17. The summed E-state index contributed by atoms with van der Waals surface area (Å²) in [5.74, 6) is 0.00761. The quantitative estimate of drug-likeness (QED) is 0.667. The van der Waals surface area contributed by atoms with Gasteiger partial charge < -0.3 is 5.11 Å². The zero-order valence-electron chi connectivity index (χ0n) is 9.66. The van der Waals surface area contributed by atoms with Crippen molar-refractivity contribution >= 4 is 11.8 Å². The van der Waals surface area contributed by atoms with E-state index in [1.807, 2.05) is 32.0 Å². The summed E-state index contributed by atoms with van der Waals surface area (Å²) in [6.45, 7) is 3.87. The molecule has 2 heterocycles. The molecule has 0 aliphatic carbocycles. The lowest BCUT2D eigenvalue weighted by Gasteiger charge is -2.09. The standard InChI is InChI=1S/C12H13N3OS/c1-8-7-11(16)15-12(14-8)17-9(2)10-5-3-4-6-13-10/h3-7,9H,1-2H3,(H,14,15,16). The number of hydrogen-bond acceptors (Lipinski definition) is 5. The maximum atomic E-state index is 9.40. The Hall–Kier alpha value is -1.62. The van der Waals surface area contributed by atoms with Crippen molar-refractivity contribution < 1.29 is 5.11 Å². The van der Waals surface area contributed by atoms with Crippen molar-refractivity contribution in [2.75, 3.05) is 0 Å². The highest BCUT2D eigenvalue weighted by molar-refractivity contribution is 7.99. The Bertz CT molecular complexity index is 484. The summed E-state index contributed by atoms with van der Waals surface area (Å²) in [6.07, 6.45) is 1.76. The molecule has 0 spiro atoms. The van der Waals surface area contributed by atoms with Crippen molar-refractivity contribution in [3.05, 3.63) is 41.9 Å². The molecule has 5 heteroatoms. The molecule has 0 aromatic carbocycles. The second-order valence-electron chi connectivity index (χ2n) is 3.66. The predicted octanol–water partition coefficient (Wildman–Crippen LogP) is 2.74. The van der Waals surface area contributed by atoms with Gasteiger partial charge in [-0.1, -0.05) is 17.8 Å². The number of pyridine rings is 1. The van der Waals surface area contributed by atoms with Gasteiger partial charge in [-0.2, -0.15) is 4.98 Å². The van der Waals surface area contributed by atoms with E-state index in [0.29, 0.717) is 5.16 Å². The monoisotopic (exact) mass is 247 g/mol. The van der Waals surface area contributed by atoms with Gasteiger partial charge in [0.25, 0.3) is 0 Å². The summed E-state index contributed by atoms with van der Waals surface area (Å²) in [5, 5.41) is 10.1. The molecule has 0 saturated carbocycles. The average molecular weight is 247 g/mol. The van der Waals surface area contributed by atoms with Crippen LogP contribution in [0.1, 0.15) is 23.6 Å². The fraction of sp³-hybridized carbons (Fsp3) is 0.250. The van der Waals surface area contributed by atoms with Gasteiger partial charge in [-0.3, -0.25) is 4.98 Å². The Balaban J connectivity index is 2.16. The molecule has 0 saturated heterocycles. The highest BCUT2D eigenvalue weighted by atomic mass is 32.2. The second kappa shape index (κ2) is 5.14. The molecule has 88 valence electrons. The maximum Gasteiger partial charge on any atom is 0.215 e. The van der Waals surface area contributed by atoms with E-state index in [-0.39, 0.29) is 11.1 Å². The lowest BCUT2D eigenvalue weighted by Crippen LogP contribution is -1.95. The molecule has 17 heavy (non-hydrogen) atoms. The van der Waals surface area contributed by atoms with E-state index in [9.17, 15) is 5.11 Å². The van der Waals surface area contributed by atoms with Crippen molar-refractivity contribution in [2.24, 2.45) is 0 Å². The van der Waals surface area contributed by atoms with Gasteiger partial charge in [0.2, 0.25) is 5.88 Å². The number of rotatable bonds is 3. The summed E-state index contributed by atoms with van der Waals surface area (Å²) in [7, 11) is 0. The van der Waals surface area contributed by atoms with E-state index >= 15 is 0 Å². The van der Waals surface area contributed by atoms with Crippen LogP contribution < -0.4 is 0 Å². The Morgan fingerprint density at radius 2 is 2.12 bits per heavy atom. The minimum Gasteiger partial charge on any atom is -0.493 e. The largest absolute Gasteiger partial charge is 0.493 e. The van der Waals surface area contributed by atoms with E-state index in [2.05, 4.69) is 15.0 Å². The van der Waals surface area contributed by atoms with Gasteiger partial charge >= 0.3 is 0 Å². The first-order valence-electron chi connectivity index (χ1n) is 5.27. The van der Waals surface area contributed by atoms with Crippen LogP contribution >= 0.6 is 11.8 Å². The van der Waals surface area contributed by atoms with Gasteiger partial charge in [0, 0.05) is 18.0 Å². The van der Waals surface area contributed by atoms with Crippen LogP contribution in [0, 0.1) is 6.92 Å². The predicted molar refractivity (Wildman–Crippen MR) is 66.9 cm³/mol. The number of nitrogens with zero attached hydrogens (tertiary/aromatic N) is 3. The lowest BCUT2D eigenvalue weighted by atomic mass is 10.3. The maximum absolute atomic E-state index is 9.40. The Kier molecular flexibility index (Phi) is 3.58. The van der Waals surface area contributed by atoms with Crippen LogP contribution in [-0.2, 0) is 0 Å². The van der Waals surface area contributed by atoms with Crippen LogP contribution in [0.5, 0.6) is 5.88 Å². The van der Waals surface area contributed by atoms with Crippen molar-refractivity contribution in [1.82, 2.24) is 15.0 Å². The summed E-state index contributed by atoms with van der Waals surface area (Å²) in [6, 6.07) is 7.34. The number of aromatic hydroxyl groups is 1. The van der Waals surface area contributed by atoms with Gasteiger partial charge in [-0.25, -0.2) is 4.98 Å². The average Bonchev–Trinajstić information content (AvgIpc) is 2.28. The molecule has 4 nitrogen and oxygen atoms in total. The Morgan fingerprint density at radius 1 is 1.29 bits per heavy atom. The minimum absolute atomic E-state index is 0.00761. The van der Waals surface area contributed by atoms with Gasteiger partial charge in [0.15, 0.2) is 5.16 Å². The molecule has 1 unspecified atom stereocenters. The molecule has 0 aliphatic rings. The van der Waals surface area contributed by atoms with Gasteiger partial charge in [-0.05, 0) is 26.0 Å². The number of thioether (sulfide) groups is 1. The van der Waals surface area contributed by atoms with Crippen LogP contribution in [0.2, 0.25) is 0 Å². The zero-order chi connectivity index (χ0) is 12.3. The summed E-state index contributed by atoms with van der Waals surface area (Å²) in [5.41, 5.74) is 1.73. The number of aryl methyl sites for hydroxylation is 1. The SMILES string of the molecule is Cc1cc(O)nc(SC(C)c2ccccn2)n1. The van der Waals surface area contributed by atoms with Crippen molar-refractivity contribution in [3.63, 3.8) is 0 Å². The molecule has 2 rings (SSSR count). The fourth-order valence-corrected chi connectivity index (χ4v) is 2.33. The fourth-order valence-electron chi connectivity index (χ4n) is 1.41. The molecule has 0 radical (unpaired) electrons. The molecule has 1 atom stereocenters. The minimum atomic E-state index is 0.00761. The van der Waals surface area contributed by atoms with Crippen LogP contribution in [-0.4, -0.2) is 20.1 Å². The van der Waals surface area contributed by atoms with E-state index in [1.54, 1.807) is 6.20 Å². The first-order chi connectivity index (χ1) is 8.15. The molecule has 2 aromatic heterocycles. The first-order valence-corrected chi connectivity index (χ1v) is 6.15. The van der Waals surface area contributed by atoms with E-state index in [4.69, 9.17) is 0 Å². The highest BCUT2D eigenvalue weighted by Crippen LogP contribution is 2.32. The first kappa shape index (κ1) is 11.9. The second-order valence-corrected chi connectivity index (χ2v) is 4.97. The zero-order valence-corrected chi connectivity index (χ0v) is 10.5. The smallest absolute Gasteiger partial charge is 0.215 e. The molecular formula is C12H13N3OS. The van der Waals surface area contributed by atoms with E-state index in [1.165, 1.54) is 17.8 Å². The molecular weight excluding hydrogens is 234 g/mol. The Labute approximate surface area is 104 Å². The van der Waals surface area contributed by atoms with E-state index < -0.39 is 0 Å². The van der Waals surface area contributed by atoms with Crippen molar-refractivity contribution in [2.45, 2.75) is 24.3 Å². The highest BCUT2D eigenvalue weighted by Gasteiger charge is 2.11. The molecule has 0 bridgehead atoms. The van der Waals surface area contributed by atoms with Gasteiger partial charge in [0.1, 0.15) is 0 Å². The molecule has 0 fully saturated rings. The molecule has 2 aromatic rings. The van der Waals surface area contributed by atoms with E-state index in [0.717, 1.165) is 11.4 Å². The summed E-state index contributed by atoms with van der Waals surface area (Å²) >= 11 is 1.48. The summed E-state index contributed by atoms with van der Waals surface area (Å²) in [4.78, 5) is 12.5. The lowest BCUT2D eigenvalue weighted by molar-refractivity contribution is 0.444. The third-order valence-corrected chi connectivity index (χ3v) is 3.20. The summed E-state index contributed by atoms with van der Waals surface area (Å²) < 4.78 is 0. The van der Waals surface area contributed by atoms with Crippen LogP contribution in [0.15, 0.2) is 35.6 Å². The van der Waals surface area contributed by atoms with Crippen molar-refractivity contribution in [1.29, 1.82) is 0 Å². The third-order valence-electron chi connectivity index (χ3n) is 2.21. The number of hydrogen-bond donors (Lipinski definition) is 1.